The Morgan fingerprint density at radius 1 is 1.12 bits per heavy atom. The van der Waals surface area contributed by atoms with E-state index in [0.29, 0.717) is 0 Å². The van der Waals surface area contributed by atoms with Crippen molar-refractivity contribution >= 4 is 34.6 Å². The maximum absolute atomic E-state index is 12.0. The fraction of sp³-hybridized carbons (Fsp3) is 0.278. The van der Waals surface area contributed by atoms with Gasteiger partial charge in [0, 0.05) is 23.4 Å². The van der Waals surface area contributed by atoms with Crippen LogP contribution >= 0.6 is 11.3 Å². The van der Waals surface area contributed by atoms with E-state index in [-0.39, 0.29) is 24.7 Å². The number of hydrogen-bond acceptors (Lipinski definition) is 4. The van der Waals surface area contributed by atoms with Crippen LogP contribution in [0.2, 0.25) is 0 Å². The second-order valence-electron chi connectivity index (χ2n) is 5.58. The largest absolute Gasteiger partial charge is 0.326 e. The first-order valence-electron chi connectivity index (χ1n) is 7.70. The molecule has 0 aliphatic rings. The first-order valence-corrected chi connectivity index (χ1v) is 8.58. The highest BCUT2D eigenvalue weighted by Gasteiger charge is 2.08. The summed E-state index contributed by atoms with van der Waals surface area (Å²) in [6.07, 6.45) is 0.213. The molecular formula is C18H21N3O2S. The topological polar surface area (TPSA) is 70.6 Å². The van der Waals surface area contributed by atoms with Gasteiger partial charge in [-0.2, -0.15) is 5.10 Å². The maximum Gasteiger partial charge on any atom is 0.240 e. The fourth-order valence-electron chi connectivity index (χ4n) is 2.14. The molecule has 1 heterocycles. The summed E-state index contributed by atoms with van der Waals surface area (Å²) in [6, 6.07) is 9.68. The predicted octanol–water partition coefficient (Wildman–Crippen LogP) is 3.62. The van der Waals surface area contributed by atoms with Crippen LogP contribution in [0.5, 0.6) is 0 Å². The van der Waals surface area contributed by atoms with Crippen LogP contribution in [0.4, 0.5) is 5.69 Å². The lowest BCUT2D eigenvalue weighted by Gasteiger charge is -2.09. The standard InChI is InChI=1S/C18H21N3O2S/c1-12-6-7-15(13(2)11-12)19-17(22)8-9-18(23)21-20-14(3)16-5-4-10-24-16/h4-7,10-11H,8-9H2,1-3H3,(H,19,22)(H,21,23). The molecular weight excluding hydrogens is 322 g/mol. The number of hydrazone groups is 1. The van der Waals surface area contributed by atoms with Crippen LogP contribution in [-0.2, 0) is 9.59 Å². The van der Waals surface area contributed by atoms with Crippen LogP contribution in [0, 0.1) is 13.8 Å². The summed E-state index contributed by atoms with van der Waals surface area (Å²) in [4.78, 5) is 24.7. The van der Waals surface area contributed by atoms with Crippen molar-refractivity contribution in [1.29, 1.82) is 0 Å². The molecule has 2 rings (SSSR count). The highest BCUT2D eigenvalue weighted by molar-refractivity contribution is 7.12. The zero-order chi connectivity index (χ0) is 17.5. The minimum Gasteiger partial charge on any atom is -0.326 e. The molecule has 5 nitrogen and oxygen atoms in total. The van der Waals surface area contributed by atoms with Gasteiger partial charge < -0.3 is 5.32 Å². The van der Waals surface area contributed by atoms with Crippen molar-refractivity contribution in [1.82, 2.24) is 5.43 Å². The first kappa shape index (κ1) is 17.9. The average Bonchev–Trinajstić information content (AvgIpc) is 3.08. The Bertz CT molecular complexity index is 752. The molecule has 0 atom stereocenters. The van der Waals surface area contributed by atoms with Crippen molar-refractivity contribution < 1.29 is 9.59 Å². The van der Waals surface area contributed by atoms with Crippen molar-refractivity contribution in [2.75, 3.05) is 5.32 Å². The lowest BCUT2D eigenvalue weighted by atomic mass is 10.1. The Kier molecular flexibility index (Phi) is 6.26. The van der Waals surface area contributed by atoms with Gasteiger partial charge in [0.05, 0.1) is 5.71 Å². The summed E-state index contributed by atoms with van der Waals surface area (Å²) in [5, 5.41) is 8.83. The maximum atomic E-state index is 12.0. The summed E-state index contributed by atoms with van der Waals surface area (Å²) < 4.78 is 0. The molecule has 2 N–H and O–H groups in total. The van der Waals surface area contributed by atoms with E-state index < -0.39 is 0 Å². The Balaban J connectivity index is 1.79. The fourth-order valence-corrected chi connectivity index (χ4v) is 2.81. The number of thiophene rings is 1. The molecule has 0 aliphatic carbocycles. The third-order valence-electron chi connectivity index (χ3n) is 3.46. The van der Waals surface area contributed by atoms with Gasteiger partial charge in [-0.1, -0.05) is 23.8 Å². The zero-order valence-electron chi connectivity index (χ0n) is 14.1. The van der Waals surface area contributed by atoms with Gasteiger partial charge in [0.2, 0.25) is 11.8 Å². The molecule has 1 aromatic carbocycles. The average molecular weight is 343 g/mol. The quantitative estimate of drug-likeness (QED) is 0.621. The molecule has 0 aliphatic heterocycles. The summed E-state index contributed by atoms with van der Waals surface area (Å²) in [6.45, 7) is 5.78. The summed E-state index contributed by atoms with van der Waals surface area (Å²) in [7, 11) is 0. The number of nitrogens with one attached hydrogen (secondary N) is 2. The van der Waals surface area contributed by atoms with Crippen LogP contribution in [0.15, 0.2) is 40.8 Å². The Morgan fingerprint density at radius 2 is 1.88 bits per heavy atom. The summed E-state index contributed by atoms with van der Waals surface area (Å²) in [5.74, 6) is -0.460. The molecule has 126 valence electrons. The monoisotopic (exact) mass is 343 g/mol. The van der Waals surface area contributed by atoms with Crippen LogP contribution < -0.4 is 10.7 Å². The minimum atomic E-state index is -0.276. The van der Waals surface area contributed by atoms with E-state index in [4.69, 9.17) is 0 Å². The molecule has 24 heavy (non-hydrogen) atoms. The molecule has 6 heteroatoms. The van der Waals surface area contributed by atoms with E-state index in [1.165, 1.54) is 0 Å². The van der Waals surface area contributed by atoms with Gasteiger partial charge in [0.25, 0.3) is 0 Å². The second-order valence-corrected chi connectivity index (χ2v) is 6.52. The normalized spacial score (nSPS) is 11.2. The van der Waals surface area contributed by atoms with Gasteiger partial charge in [-0.05, 0) is 43.8 Å². The Hall–Kier alpha value is -2.47. The third-order valence-corrected chi connectivity index (χ3v) is 4.44. The van der Waals surface area contributed by atoms with Crippen LogP contribution in [0.1, 0.15) is 35.8 Å². The molecule has 1 aromatic heterocycles. The number of hydrogen-bond donors (Lipinski definition) is 2. The zero-order valence-corrected chi connectivity index (χ0v) is 14.9. The van der Waals surface area contributed by atoms with E-state index >= 15 is 0 Å². The molecule has 2 aromatic rings. The summed E-state index contributed by atoms with van der Waals surface area (Å²) >= 11 is 1.56. The highest BCUT2D eigenvalue weighted by atomic mass is 32.1. The van der Waals surface area contributed by atoms with Gasteiger partial charge in [-0.15, -0.1) is 11.3 Å². The second kappa shape index (κ2) is 8.40. The molecule has 0 unspecified atom stereocenters. The minimum absolute atomic E-state index is 0.0952. The number of benzene rings is 1. The summed E-state index contributed by atoms with van der Waals surface area (Å²) in [5.41, 5.74) is 6.15. The van der Waals surface area contributed by atoms with E-state index in [2.05, 4.69) is 15.8 Å². The number of aryl methyl sites for hydroxylation is 2. The van der Waals surface area contributed by atoms with Crippen LogP contribution in [0.25, 0.3) is 0 Å². The SMILES string of the molecule is CC(=NNC(=O)CCC(=O)Nc1ccc(C)cc1C)c1cccs1. The third kappa shape index (κ3) is 5.31. The van der Waals surface area contributed by atoms with E-state index in [0.717, 1.165) is 27.4 Å². The first-order chi connectivity index (χ1) is 11.5. The van der Waals surface area contributed by atoms with Crippen molar-refractivity contribution in [2.24, 2.45) is 5.10 Å². The molecule has 0 spiro atoms. The lowest BCUT2D eigenvalue weighted by Crippen LogP contribution is -2.21. The van der Waals surface area contributed by atoms with Gasteiger partial charge in [0.15, 0.2) is 0 Å². The molecule has 0 saturated heterocycles. The van der Waals surface area contributed by atoms with Crippen LogP contribution in [0.3, 0.4) is 0 Å². The predicted molar refractivity (Wildman–Crippen MR) is 98.5 cm³/mol. The highest BCUT2D eigenvalue weighted by Crippen LogP contribution is 2.16. The number of carbonyl (C=O) groups is 2. The van der Waals surface area contributed by atoms with Gasteiger partial charge in [0.1, 0.15) is 0 Å². The molecule has 0 fully saturated rings. The Labute approximate surface area is 145 Å². The van der Waals surface area contributed by atoms with Crippen molar-refractivity contribution in [3.63, 3.8) is 0 Å². The Morgan fingerprint density at radius 3 is 2.54 bits per heavy atom. The molecule has 2 amide bonds. The molecule has 0 radical (unpaired) electrons. The lowest BCUT2D eigenvalue weighted by molar-refractivity contribution is -0.124. The number of nitrogens with zero attached hydrogens (tertiary/aromatic N) is 1. The van der Waals surface area contributed by atoms with Gasteiger partial charge in [-0.3, -0.25) is 9.59 Å². The van der Waals surface area contributed by atoms with Crippen molar-refractivity contribution in [3.05, 3.63) is 51.7 Å². The van der Waals surface area contributed by atoms with Crippen molar-refractivity contribution in [3.8, 4) is 0 Å². The smallest absolute Gasteiger partial charge is 0.240 e. The van der Waals surface area contributed by atoms with E-state index in [9.17, 15) is 9.59 Å². The van der Waals surface area contributed by atoms with Gasteiger partial charge >= 0.3 is 0 Å². The number of rotatable bonds is 6. The van der Waals surface area contributed by atoms with E-state index in [1.807, 2.05) is 56.5 Å². The number of amides is 2. The van der Waals surface area contributed by atoms with Crippen LogP contribution in [-0.4, -0.2) is 17.5 Å². The number of anilines is 1. The molecule has 0 bridgehead atoms. The van der Waals surface area contributed by atoms with Gasteiger partial charge in [-0.25, -0.2) is 5.43 Å². The molecule has 0 saturated carbocycles. The van der Waals surface area contributed by atoms with Crippen molar-refractivity contribution in [2.45, 2.75) is 33.6 Å². The van der Waals surface area contributed by atoms with E-state index in [1.54, 1.807) is 11.3 Å². The number of carbonyl (C=O) groups excluding carboxylic acids is 2.